The number of benzene rings is 1. The highest BCUT2D eigenvalue weighted by Crippen LogP contribution is 2.22. The molecule has 2 aromatic rings. The zero-order valence-electron chi connectivity index (χ0n) is 12.8. The minimum absolute atomic E-state index is 0.00186. The molecule has 1 aromatic heterocycles. The summed E-state index contributed by atoms with van der Waals surface area (Å²) < 4.78 is 2.08. The normalized spacial score (nSPS) is 17.7. The minimum Gasteiger partial charge on any atom is -0.348 e. The Bertz CT molecular complexity index is 685. The molecule has 2 heterocycles. The van der Waals surface area contributed by atoms with Crippen molar-refractivity contribution in [3.63, 3.8) is 0 Å². The maximum absolute atomic E-state index is 12.5. The molecule has 1 aliphatic rings. The molecule has 4 nitrogen and oxygen atoms in total. The largest absolute Gasteiger partial charge is 0.348 e. The molecule has 1 fully saturated rings. The number of hydrogen-bond donors (Lipinski definition) is 2. The lowest BCUT2D eigenvalue weighted by Gasteiger charge is -2.12. The Morgan fingerprint density at radius 3 is 2.68 bits per heavy atom. The van der Waals surface area contributed by atoms with Gasteiger partial charge in [-0.25, -0.2) is 0 Å². The molecular weight excluding hydrogens is 298 g/mol. The number of nitrogens with one attached hydrogen (secondary N) is 2. The third-order valence-electron chi connectivity index (χ3n) is 4.16. The first-order valence-corrected chi connectivity index (χ1v) is 7.90. The van der Waals surface area contributed by atoms with Gasteiger partial charge in [0, 0.05) is 34.7 Å². The van der Waals surface area contributed by atoms with Gasteiger partial charge in [0.25, 0.3) is 5.91 Å². The summed E-state index contributed by atoms with van der Waals surface area (Å²) in [6, 6.07) is 9.82. The van der Waals surface area contributed by atoms with Crippen LogP contribution in [0.2, 0.25) is 5.02 Å². The number of aryl methyl sites for hydroxylation is 1. The maximum atomic E-state index is 12.5. The van der Waals surface area contributed by atoms with E-state index in [-0.39, 0.29) is 11.9 Å². The monoisotopic (exact) mass is 317 g/mol. The zero-order valence-corrected chi connectivity index (χ0v) is 13.6. The van der Waals surface area contributed by atoms with Crippen molar-refractivity contribution in [1.29, 1.82) is 0 Å². The second kappa shape index (κ2) is 6.15. The molecule has 0 bridgehead atoms. The van der Waals surface area contributed by atoms with Crippen LogP contribution in [0.1, 0.15) is 28.2 Å². The molecule has 3 rings (SSSR count). The van der Waals surface area contributed by atoms with Crippen molar-refractivity contribution in [2.45, 2.75) is 26.3 Å². The van der Waals surface area contributed by atoms with Gasteiger partial charge >= 0.3 is 0 Å². The first-order valence-electron chi connectivity index (χ1n) is 7.52. The second-order valence-corrected chi connectivity index (χ2v) is 6.20. The molecule has 0 aliphatic carbocycles. The van der Waals surface area contributed by atoms with E-state index in [0.717, 1.165) is 42.1 Å². The number of rotatable bonds is 3. The zero-order chi connectivity index (χ0) is 15.7. The molecule has 1 aliphatic heterocycles. The van der Waals surface area contributed by atoms with Crippen LogP contribution in [-0.4, -0.2) is 29.6 Å². The number of carbonyl (C=O) groups is 1. The molecule has 0 saturated carbocycles. The van der Waals surface area contributed by atoms with Gasteiger partial charge in [-0.2, -0.15) is 0 Å². The van der Waals surface area contributed by atoms with Crippen molar-refractivity contribution in [2.24, 2.45) is 0 Å². The van der Waals surface area contributed by atoms with E-state index in [2.05, 4.69) is 15.2 Å². The molecule has 1 aromatic carbocycles. The van der Waals surface area contributed by atoms with Crippen LogP contribution in [0.15, 0.2) is 30.3 Å². The summed E-state index contributed by atoms with van der Waals surface area (Å²) in [5.74, 6) is 0.00186. The van der Waals surface area contributed by atoms with E-state index in [4.69, 9.17) is 11.6 Å². The number of aromatic nitrogens is 1. The molecule has 2 N–H and O–H groups in total. The summed E-state index contributed by atoms with van der Waals surface area (Å²) in [7, 11) is 0. The molecule has 116 valence electrons. The van der Waals surface area contributed by atoms with Crippen molar-refractivity contribution >= 4 is 17.5 Å². The highest BCUT2D eigenvalue weighted by atomic mass is 35.5. The van der Waals surface area contributed by atoms with Gasteiger partial charge in [-0.05, 0) is 57.1 Å². The Labute approximate surface area is 135 Å². The molecule has 1 amide bonds. The summed E-state index contributed by atoms with van der Waals surface area (Å²) >= 11 is 5.95. The molecule has 5 heteroatoms. The van der Waals surface area contributed by atoms with Crippen LogP contribution in [0.5, 0.6) is 0 Å². The average molecular weight is 318 g/mol. The van der Waals surface area contributed by atoms with E-state index in [1.165, 1.54) is 0 Å². The van der Waals surface area contributed by atoms with Crippen molar-refractivity contribution < 1.29 is 4.79 Å². The Balaban J connectivity index is 1.89. The first kappa shape index (κ1) is 15.1. The van der Waals surface area contributed by atoms with Crippen LogP contribution < -0.4 is 10.6 Å². The van der Waals surface area contributed by atoms with Crippen LogP contribution in [0.3, 0.4) is 0 Å². The highest BCUT2D eigenvalue weighted by Gasteiger charge is 2.21. The van der Waals surface area contributed by atoms with E-state index < -0.39 is 0 Å². The molecule has 1 atom stereocenters. The van der Waals surface area contributed by atoms with Crippen LogP contribution in [0.4, 0.5) is 0 Å². The smallest absolute Gasteiger partial charge is 0.253 e. The molecule has 0 spiro atoms. The summed E-state index contributed by atoms with van der Waals surface area (Å²) in [6.45, 7) is 5.80. The topological polar surface area (TPSA) is 46.1 Å². The maximum Gasteiger partial charge on any atom is 0.253 e. The number of nitrogens with zero attached hydrogens (tertiary/aromatic N) is 1. The van der Waals surface area contributed by atoms with E-state index in [1.54, 1.807) is 0 Å². The lowest BCUT2D eigenvalue weighted by Crippen LogP contribution is -2.36. The van der Waals surface area contributed by atoms with Crippen LogP contribution in [-0.2, 0) is 0 Å². The second-order valence-electron chi connectivity index (χ2n) is 5.76. The average Bonchev–Trinajstić information content (AvgIpc) is 3.09. The lowest BCUT2D eigenvalue weighted by molar-refractivity contribution is 0.0939. The van der Waals surface area contributed by atoms with Crippen LogP contribution in [0, 0.1) is 13.8 Å². The van der Waals surface area contributed by atoms with Crippen LogP contribution in [0.25, 0.3) is 5.69 Å². The predicted molar refractivity (Wildman–Crippen MR) is 89.0 cm³/mol. The van der Waals surface area contributed by atoms with Crippen molar-refractivity contribution in [2.75, 3.05) is 13.1 Å². The Kier molecular flexibility index (Phi) is 4.23. The lowest BCUT2D eigenvalue weighted by atomic mass is 10.2. The van der Waals surface area contributed by atoms with Crippen LogP contribution >= 0.6 is 11.6 Å². The number of halogens is 1. The fourth-order valence-corrected chi connectivity index (χ4v) is 3.15. The van der Waals surface area contributed by atoms with Gasteiger partial charge in [-0.3, -0.25) is 4.79 Å². The Hall–Kier alpha value is -1.78. The van der Waals surface area contributed by atoms with Gasteiger partial charge in [0.1, 0.15) is 0 Å². The minimum atomic E-state index is 0.00186. The third-order valence-corrected chi connectivity index (χ3v) is 4.41. The molecule has 1 unspecified atom stereocenters. The Morgan fingerprint density at radius 1 is 1.32 bits per heavy atom. The van der Waals surface area contributed by atoms with Gasteiger partial charge in [0.05, 0.1) is 5.56 Å². The summed E-state index contributed by atoms with van der Waals surface area (Å²) in [5, 5.41) is 7.07. The summed E-state index contributed by atoms with van der Waals surface area (Å²) in [4.78, 5) is 12.5. The standard InChI is InChI=1S/C17H20ClN3O/c1-11-9-16(17(22)20-14-7-8-19-10-14)12(2)21(11)15-5-3-13(18)4-6-15/h3-6,9,14,19H,7-8,10H2,1-2H3,(H,20,22). The summed E-state index contributed by atoms with van der Waals surface area (Å²) in [5.41, 5.74) is 3.73. The highest BCUT2D eigenvalue weighted by molar-refractivity contribution is 6.30. The van der Waals surface area contributed by atoms with Gasteiger partial charge in [-0.15, -0.1) is 0 Å². The number of hydrogen-bond acceptors (Lipinski definition) is 2. The molecule has 1 saturated heterocycles. The van der Waals surface area contributed by atoms with Crippen molar-refractivity contribution in [3.05, 3.63) is 52.3 Å². The van der Waals surface area contributed by atoms with E-state index >= 15 is 0 Å². The van der Waals surface area contributed by atoms with E-state index in [9.17, 15) is 4.79 Å². The van der Waals surface area contributed by atoms with E-state index in [1.807, 2.05) is 44.2 Å². The van der Waals surface area contributed by atoms with Gasteiger partial charge in [0.15, 0.2) is 0 Å². The van der Waals surface area contributed by atoms with Crippen molar-refractivity contribution in [1.82, 2.24) is 15.2 Å². The quantitative estimate of drug-likeness (QED) is 0.914. The van der Waals surface area contributed by atoms with Gasteiger partial charge in [-0.1, -0.05) is 11.6 Å². The van der Waals surface area contributed by atoms with Gasteiger partial charge < -0.3 is 15.2 Å². The third kappa shape index (κ3) is 2.89. The molecule has 0 radical (unpaired) electrons. The van der Waals surface area contributed by atoms with Crippen molar-refractivity contribution in [3.8, 4) is 5.69 Å². The SMILES string of the molecule is Cc1cc(C(=O)NC2CCNC2)c(C)n1-c1ccc(Cl)cc1. The van der Waals surface area contributed by atoms with Gasteiger partial charge in [0.2, 0.25) is 0 Å². The fraction of sp³-hybridized carbons (Fsp3) is 0.353. The Morgan fingerprint density at radius 2 is 2.05 bits per heavy atom. The molecule has 22 heavy (non-hydrogen) atoms. The fourth-order valence-electron chi connectivity index (χ4n) is 3.02. The predicted octanol–water partition coefficient (Wildman–Crippen LogP) is 2.84. The number of carbonyl (C=O) groups excluding carboxylic acids is 1. The van der Waals surface area contributed by atoms with E-state index in [0.29, 0.717) is 5.02 Å². The number of amides is 1. The summed E-state index contributed by atoms with van der Waals surface area (Å²) in [6.07, 6.45) is 0.988. The first-order chi connectivity index (χ1) is 10.6. The molecular formula is C17H20ClN3O.